The van der Waals surface area contributed by atoms with Gasteiger partial charge in [0.25, 0.3) is 0 Å². The molecule has 1 aromatic rings. The average Bonchev–Trinajstić information content (AvgIpc) is 2.56. The van der Waals surface area contributed by atoms with E-state index in [0.717, 1.165) is 0 Å². The van der Waals surface area contributed by atoms with Crippen molar-refractivity contribution in [2.24, 2.45) is 0 Å². The topological polar surface area (TPSA) is 0 Å². The minimum Gasteiger partial charge on any atom is -0.255 e. The van der Waals surface area contributed by atoms with E-state index >= 15 is 0 Å². The fraction of sp³-hybridized carbons (Fsp3) is 0.444. The van der Waals surface area contributed by atoms with Crippen LogP contribution in [0.3, 0.4) is 0 Å². The summed E-state index contributed by atoms with van der Waals surface area (Å²) < 4.78 is 56.5. The molecule has 1 aromatic carbocycles. The van der Waals surface area contributed by atoms with Gasteiger partial charge >= 0.3 is 0 Å². The van der Waals surface area contributed by atoms with Crippen molar-refractivity contribution < 1.29 is 22.0 Å². The molecule has 0 unspecified atom stereocenters. The van der Waals surface area contributed by atoms with Gasteiger partial charge in [-0.2, -0.15) is 0 Å². The summed E-state index contributed by atoms with van der Waals surface area (Å²) in [4.78, 5) is 0. The smallest absolute Gasteiger partial charge is 0.133 e. The number of alkyl halides is 3. The van der Waals surface area contributed by atoms with Gasteiger partial charge in [0.2, 0.25) is 0 Å². The van der Waals surface area contributed by atoms with E-state index in [1.54, 1.807) is 13.0 Å². The molecule has 0 nitrogen and oxygen atoms in total. The molecule has 0 fully saturated rings. The molecule has 0 aliphatic heterocycles. The van der Waals surface area contributed by atoms with Gasteiger partial charge in [0.15, 0.2) is 0 Å². The molecule has 134 valence electrons. The zero-order valence-corrected chi connectivity index (χ0v) is 14.5. The van der Waals surface area contributed by atoms with Gasteiger partial charge < -0.3 is 0 Å². The molecule has 23 heavy (non-hydrogen) atoms. The Labute approximate surface area is 137 Å². The quantitative estimate of drug-likeness (QED) is 0.423. The van der Waals surface area contributed by atoms with Crippen LogP contribution in [0.5, 0.6) is 0 Å². The average molecular weight is 338 g/mol. The second kappa shape index (κ2) is 25.1. The van der Waals surface area contributed by atoms with Crippen LogP contribution < -0.4 is 0 Å². The van der Waals surface area contributed by atoms with Crippen LogP contribution in [-0.2, 0) is 0 Å². The normalized spacial score (nSPS) is 8.61. The molecule has 5 heteroatoms. The second-order valence-corrected chi connectivity index (χ2v) is 3.30. The monoisotopic (exact) mass is 338 g/mol. The van der Waals surface area contributed by atoms with Crippen molar-refractivity contribution in [1.82, 2.24) is 0 Å². The largest absolute Gasteiger partial charge is 0.255 e. The third kappa shape index (κ3) is 16.4. The first kappa shape index (κ1) is 29.2. The summed E-state index contributed by atoms with van der Waals surface area (Å²) in [7, 11) is 0.500. The highest BCUT2D eigenvalue weighted by atomic mass is 19.1. The van der Waals surface area contributed by atoms with Crippen LogP contribution in [0.25, 0.3) is 5.57 Å². The van der Waals surface area contributed by atoms with Gasteiger partial charge in [-0.05, 0) is 44.9 Å². The van der Waals surface area contributed by atoms with Gasteiger partial charge in [-0.25, -0.2) is 8.78 Å². The SMILES string of the molecule is C#C.C/C=C(\CC)c1c(F)cccc1F.CCF.CCF.CF. The molecule has 0 atom stereocenters. The Morgan fingerprint density at radius 1 is 0.957 bits per heavy atom. The molecule has 0 aromatic heterocycles. The lowest BCUT2D eigenvalue weighted by molar-refractivity contribution is 0.527. The molecule has 0 heterocycles. The summed E-state index contributed by atoms with van der Waals surface area (Å²) in [5.41, 5.74) is 0.808. The molecule has 0 saturated carbocycles. The summed E-state index contributed by atoms with van der Waals surface area (Å²) in [6.07, 6.45) is 10.4. The van der Waals surface area contributed by atoms with E-state index in [-0.39, 0.29) is 18.9 Å². The molecular formula is C18H27F5. The van der Waals surface area contributed by atoms with Crippen LogP contribution >= 0.6 is 0 Å². The Kier molecular flexibility index (Phi) is 31.9. The molecule has 0 saturated heterocycles. The second-order valence-electron chi connectivity index (χ2n) is 3.30. The van der Waals surface area contributed by atoms with E-state index < -0.39 is 11.6 Å². The van der Waals surface area contributed by atoms with Crippen LogP contribution in [0, 0.1) is 24.5 Å². The van der Waals surface area contributed by atoms with Gasteiger partial charge in [0, 0.05) is 5.56 Å². The minimum atomic E-state index is -0.491. The predicted molar refractivity (Wildman–Crippen MR) is 90.5 cm³/mol. The van der Waals surface area contributed by atoms with E-state index in [9.17, 15) is 22.0 Å². The standard InChI is InChI=1S/C11H12F2.2C2H5F.C2H2.CH3F/c1-3-8(4-2)11-9(12)6-5-7-10(11)13;2*1-2-3;2*1-2/h3,5-7H,4H2,1-2H3;2*2H2,1H3;1-2H;1H3/b8-3+;;;;. The number of allylic oxidation sites excluding steroid dienone is 2. The molecule has 0 aliphatic carbocycles. The number of halogens is 5. The van der Waals surface area contributed by atoms with Crippen LogP contribution in [0.4, 0.5) is 22.0 Å². The molecule has 1 rings (SSSR count). The molecule has 0 amide bonds. The summed E-state index contributed by atoms with van der Waals surface area (Å²) in [6.45, 7) is 6.08. The van der Waals surface area contributed by atoms with Crippen molar-refractivity contribution in [2.45, 2.75) is 34.1 Å². The highest BCUT2D eigenvalue weighted by Gasteiger charge is 2.10. The Hall–Kier alpha value is -1.83. The highest BCUT2D eigenvalue weighted by Crippen LogP contribution is 2.23. The number of hydrogen-bond donors (Lipinski definition) is 0. The van der Waals surface area contributed by atoms with Crippen molar-refractivity contribution in [3.63, 3.8) is 0 Å². The third-order valence-electron chi connectivity index (χ3n) is 2.01. The van der Waals surface area contributed by atoms with E-state index in [1.807, 2.05) is 6.92 Å². The summed E-state index contributed by atoms with van der Waals surface area (Å²) in [5.74, 6) is -0.982. The lowest BCUT2D eigenvalue weighted by atomic mass is 10.0. The molecule has 0 N–H and O–H groups in total. The lowest BCUT2D eigenvalue weighted by Gasteiger charge is -2.06. The Morgan fingerprint density at radius 3 is 1.48 bits per heavy atom. The Balaban J connectivity index is -0.000000152. The molecule has 0 radical (unpaired) electrons. The minimum absolute atomic E-state index is 0.104. The summed E-state index contributed by atoms with van der Waals surface area (Å²) in [6, 6.07) is 3.92. The first-order valence-corrected chi connectivity index (χ1v) is 6.96. The maximum Gasteiger partial charge on any atom is 0.133 e. The molecule has 0 bridgehead atoms. The van der Waals surface area contributed by atoms with Crippen LogP contribution in [0.1, 0.15) is 39.7 Å². The Bertz CT molecular complexity index is 375. The van der Waals surface area contributed by atoms with E-state index in [0.29, 0.717) is 19.2 Å². The zero-order valence-electron chi connectivity index (χ0n) is 14.5. The van der Waals surface area contributed by atoms with Gasteiger partial charge in [-0.3, -0.25) is 13.2 Å². The third-order valence-corrected chi connectivity index (χ3v) is 2.01. The van der Waals surface area contributed by atoms with E-state index in [4.69, 9.17) is 0 Å². The number of benzene rings is 1. The molecular weight excluding hydrogens is 311 g/mol. The first-order chi connectivity index (χ1) is 11.0. The van der Waals surface area contributed by atoms with E-state index in [1.165, 1.54) is 32.0 Å². The van der Waals surface area contributed by atoms with E-state index in [2.05, 4.69) is 12.8 Å². The van der Waals surface area contributed by atoms with Gasteiger partial charge in [0.1, 0.15) is 11.6 Å². The summed E-state index contributed by atoms with van der Waals surface area (Å²) in [5, 5.41) is 0. The van der Waals surface area contributed by atoms with Gasteiger partial charge in [-0.15, -0.1) is 12.8 Å². The molecule has 0 aliphatic rings. The maximum absolute atomic E-state index is 13.2. The van der Waals surface area contributed by atoms with Crippen LogP contribution in [-0.4, -0.2) is 20.5 Å². The highest BCUT2D eigenvalue weighted by molar-refractivity contribution is 5.65. The fourth-order valence-corrected chi connectivity index (χ4v) is 1.33. The van der Waals surface area contributed by atoms with Gasteiger partial charge in [0.05, 0.1) is 20.5 Å². The van der Waals surface area contributed by atoms with Crippen molar-refractivity contribution in [2.75, 3.05) is 20.5 Å². The van der Waals surface area contributed by atoms with Crippen molar-refractivity contribution in [3.8, 4) is 12.8 Å². The maximum atomic E-state index is 13.2. The number of terminal acetylenes is 1. The van der Waals surface area contributed by atoms with Gasteiger partial charge in [-0.1, -0.05) is 19.1 Å². The number of rotatable bonds is 2. The molecule has 0 spiro atoms. The van der Waals surface area contributed by atoms with Crippen LogP contribution in [0.15, 0.2) is 24.3 Å². The first-order valence-electron chi connectivity index (χ1n) is 6.96. The summed E-state index contributed by atoms with van der Waals surface area (Å²) >= 11 is 0. The predicted octanol–water partition coefficient (Wildman–Crippen LogP) is 6.56. The van der Waals surface area contributed by atoms with Crippen molar-refractivity contribution >= 4 is 5.57 Å². The fourth-order valence-electron chi connectivity index (χ4n) is 1.33. The zero-order chi connectivity index (χ0) is 19.3. The van der Waals surface area contributed by atoms with Crippen LogP contribution in [0.2, 0.25) is 0 Å². The Morgan fingerprint density at radius 2 is 1.26 bits per heavy atom. The lowest BCUT2D eigenvalue weighted by Crippen LogP contribution is -1.93. The number of hydrogen-bond acceptors (Lipinski definition) is 0. The van der Waals surface area contributed by atoms with Crippen molar-refractivity contribution in [3.05, 3.63) is 41.5 Å². The van der Waals surface area contributed by atoms with Crippen molar-refractivity contribution in [1.29, 1.82) is 0 Å².